The molecule has 0 saturated heterocycles. The summed E-state index contributed by atoms with van der Waals surface area (Å²) in [4.78, 5) is 6.78. The van der Waals surface area contributed by atoms with Gasteiger partial charge in [0.15, 0.2) is 6.10 Å². The number of rotatable bonds is 7. The zero-order chi connectivity index (χ0) is 18.5. The maximum atomic E-state index is 10.8. The lowest BCUT2D eigenvalue weighted by molar-refractivity contribution is 0.183. The van der Waals surface area contributed by atoms with Crippen LogP contribution in [0.5, 0.6) is 0 Å². The van der Waals surface area contributed by atoms with Crippen molar-refractivity contribution in [3.63, 3.8) is 0 Å². The van der Waals surface area contributed by atoms with Crippen molar-refractivity contribution in [2.75, 3.05) is 18.0 Å². The lowest BCUT2D eigenvalue weighted by atomic mass is 10.1. The minimum atomic E-state index is -0.897. The second-order valence-electron chi connectivity index (χ2n) is 6.10. The number of hydrogen-bond acceptors (Lipinski definition) is 4. The normalized spacial score (nSPS) is 12.2. The minimum absolute atomic E-state index is 0.330. The van der Waals surface area contributed by atoms with Crippen molar-refractivity contribution >= 4 is 21.8 Å². The average Bonchev–Trinajstić information content (AvgIpc) is 3.06. The van der Waals surface area contributed by atoms with Gasteiger partial charge in [-0.05, 0) is 37.1 Å². The van der Waals surface area contributed by atoms with Crippen LogP contribution in [0, 0.1) is 0 Å². The summed E-state index contributed by atoms with van der Waals surface area (Å²) in [5.74, 6) is 1.07. The molecule has 4 nitrogen and oxygen atoms in total. The molecule has 0 spiro atoms. The fourth-order valence-electron chi connectivity index (χ4n) is 2.96. The van der Waals surface area contributed by atoms with Gasteiger partial charge in [0.25, 0.3) is 0 Å². The molecule has 1 heterocycles. The van der Waals surface area contributed by atoms with E-state index in [1.54, 1.807) is 0 Å². The molecule has 1 aromatic heterocycles. The third-order valence-electron chi connectivity index (χ3n) is 4.36. The van der Waals surface area contributed by atoms with E-state index in [9.17, 15) is 5.11 Å². The van der Waals surface area contributed by atoms with Crippen molar-refractivity contribution in [1.29, 1.82) is 0 Å². The van der Waals surface area contributed by atoms with Gasteiger partial charge in [-0.1, -0.05) is 58.4 Å². The number of aliphatic hydroxyl groups is 1. The van der Waals surface area contributed by atoms with E-state index in [0.717, 1.165) is 40.3 Å². The summed E-state index contributed by atoms with van der Waals surface area (Å²) in [6.07, 6.45) is -0.229. The predicted molar refractivity (Wildman–Crippen MR) is 108 cm³/mol. The van der Waals surface area contributed by atoms with Gasteiger partial charge in [0.1, 0.15) is 5.69 Å². The van der Waals surface area contributed by atoms with Gasteiger partial charge in [-0.3, -0.25) is 0 Å². The summed E-state index contributed by atoms with van der Waals surface area (Å²) in [6.45, 7) is 5.81. The molecule has 2 aromatic carbocycles. The summed E-state index contributed by atoms with van der Waals surface area (Å²) in [5.41, 5.74) is 2.76. The zero-order valence-corrected chi connectivity index (χ0v) is 16.6. The standard InChI is InChI=1S/C21H23BrN2O2/c1-3-24(4-2)21-18(13-15-9-6-5-7-10-15)23-20(26-21)19(25)16-11-8-12-17(22)14-16/h5-12,14,19,25H,3-4,13H2,1-2H3/t19-/m0/s1. The minimum Gasteiger partial charge on any atom is -0.422 e. The van der Waals surface area contributed by atoms with E-state index in [2.05, 4.69) is 51.8 Å². The summed E-state index contributed by atoms with van der Waals surface area (Å²) in [6, 6.07) is 17.7. The summed E-state index contributed by atoms with van der Waals surface area (Å²) >= 11 is 3.44. The molecule has 26 heavy (non-hydrogen) atoms. The summed E-state index contributed by atoms with van der Waals surface area (Å²) in [7, 11) is 0. The van der Waals surface area contributed by atoms with Crippen molar-refractivity contribution in [3.05, 3.63) is 81.8 Å². The molecule has 5 heteroatoms. The first-order chi connectivity index (χ1) is 12.6. The van der Waals surface area contributed by atoms with E-state index in [1.165, 1.54) is 0 Å². The number of aliphatic hydroxyl groups excluding tert-OH is 1. The van der Waals surface area contributed by atoms with E-state index in [1.807, 2.05) is 42.5 Å². The van der Waals surface area contributed by atoms with Gasteiger partial charge in [0.2, 0.25) is 11.8 Å². The lowest BCUT2D eigenvalue weighted by Crippen LogP contribution is -2.22. The molecule has 0 saturated carbocycles. The van der Waals surface area contributed by atoms with E-state index in [0.29, 0.717) is 12.3 Å². The fourth-order valence-corrected chi connectivity index (χ4v) is 3.38. The second kappa shape index (κ2) is 8.52. The van der Waals surface area contributed by atoms with Crippen LogP contribution in [0.15, 0.2) is 63.5 Å². The molecule has 0 aliphatic carbocycles. The van der Waals surface area contributed by atoms with Crippen LogP contribution in [0.1, 0.15) is 42.7 Å². The van der Waals surface area contributed by atoms with Crippen molar-refractivity contribution in [2.45, 2.75) is 26.4 Å². The number of oxazole rings is 1. The number of nitrogens with zero attached hydrogens (tertiary/aromatic N) is 2. The van der Waals surface area contributed by atoms with Crippen LogP contribution in [0.4, 0.5) is 5.88 Å². The Hall–Kier alpha value is -2.11. The van der Waals surface area contributed by atoms with Crippen LogP contribution in [0.3, 0.4) is 0 Å². The molecule has 0 aliphatic rings. The third kappa shape index (κ3) is 4.17. The Morgan fingerprint density at radius 1 is 1.08 bits per heavy atom. The highest BCUT2D eigenvalue weighted by molar-refractivity contribution is 9.10. The molecule has 136 valence electrons. The van der Waals surface area contributed by atoms with Crippen LogP contribution in [0.25, 0.3) is 0 Å². The molecule has 1 atom stereocenters. The zero-order valence-electron chi connectivity index (χ0n) is 15.0. The van der Waals surface area contributed by atoms with Crippen molar-refractivity contribution < 1.29 is 9.52 Å². The quantitative estimate of drug-likeness (QED) is 0.593. The number of benzene rings is 2. The maximum absolute atomic E-state index is 10.8. The fraction of sp³-hybridized carbons (Fsp3) is 0.286. The highest BCUT2D eigenvalue weighted by Gasteiger charge is 2.23. The highest BCUT2D eigenvalue weighted by Crippen LogP contribution is 2.31. The Morgan fingerprint density at radius 3 is 2.46 bits per heavy atom. The molecule has 0 radical (unpaired) electrons. The largest absolute Gasteiger partial charge is 0.422 e. The molecule has 1 N–H and O–H groups in total. The van der Waals surface area contributed by atoms with Crippen LogP contribution in [-0.4, -0.2) is 23.2 Å². The SMILES string of the molecule is CCN(CC)c1oc([C@@H](O)c2cccc(Br)c2)nc1Cc1ccccc1. The Balaban J connectivity index is 1.97. The van der Waals surface area contributed by atoms with Crippen LogP contribution < -0.4 is 4.90 Å². The molecule has 0 fully saturated rings. The molecule has 0 amide bonds. The lowest BCUT2D eigenvalue weighted by Gasteiger charge is -2.18. The van der Waals surface area contributed by atoms with Crippen LogP contribution in [-0.2, 0) is 6.42 Å². The molecule has 0 unspecified atom stereocenters. The molecule has 3 rings (SSSR count). The average molecular weight is 415 g/mol. The topological polar surface area (TPSA) is 49.5 Å². The van der Waals surface area contributed by atoms with Gasteiger partial charge in [-0.2, -0.15) is 0 Å². The van der Waals surface area contributed by atoms with Crippen molar-refractivity contribution in [1.82, 2.24) is 4.98 Å². The first-order valence-corrected chi connectivity index (χ1v) is 9.63. The molecular formula is C21H23BrN2O2. The highest BCUT2D eigenvalue weighted by atomic mass is 79.9. The van der Waals surface area contributed by atoms with Gasteiger partial charge in [-0.25, -0.2) is 4.98 Å². The Morgan fingerprint density at radius 2 is 1.81 bits per heavy atom. The van der Waals surface area contributed by atoms with Gasteiger partial charge < -0.3 is 14.4 Å². The number of aromatic nitrogens is 1. The Kier molecular flexibility index (Phi) is 6.12. The Labute approximate surface area is 162 Å². The van der Waals surface area contributed by atoms with E-state index in [-0.39, 0.29) is 0 Å². The molecule has 3 aromatic rings. The van der Waals surface area contributed by atoms with Crippen molar-refractivity contribution in [2.24, 2.45) is 0 Å². The van der Waals surface area contributed by atoms with E-state index in [4.69, 9.17) is 4.42 Å². The van der Waals surface area contributed by atoms with Gasteiger partial charge in [-0.15, -0.1) is 0 Å². The van der Waals surface area contributed by atoms with Gasteiger partial charge in [0.05, 0.1) is 0 Å². The van der Waals surface area contributed by atoms with Crippen LogP contribution in [0.2, 0.25) is 0 Å². The molecule has 0 aliphatic heterocycles. The van der Waals surface area contributed by atoms with Crippen molar-refractivity contribution in [3.8, 4) is 0 Å². The van der Waals surface area contributed by atoms with Crippen LogP contribution >= 0.6 is 15.9 Å². The molecule has 0 bridgehead atoms. The second-order valence-corrected chi connectivity index (χ2v) is 7.01. The number of anilines is 1. The van der Waals surface area contributed by atoms with E-state index < -0.39 is 6.10 Å². The number of hydrogen-bond donors (Lipinski definition) is 1. The van der Waals surface area contributed by atoms with Gasteiger partial charge >= 0.3 is 0 Å². The van der Waals surface area contributed by atoms with Gasteiger partial charge in [0, 0.05) is 24.0 Å². The molecular weight excluding hydrogens is 392 g/mol. The summed E-state index contributed by atoms with van der Waals surface area (Å²) in [5, 5.41) is 10.8. The monoisotopic (exact) mass is 414 g/mol. The smallest absolute Gasteiger partial charge is 0.230 e. The first-order valence-electron chi connectivity index (χ1n) is 8.84. The van der Waals surface area contributed by atoms with E-state index >= 15 is 0 Å². The summed E-state index contributed by atoms with van der Waals surface area (Å²) < 4.78 is 6.95. The third-order valence-corrected chi connectivity index (χ3v) is 4.85. The Bertz CT molecular complexity index is 844. The first kappa shape index (κ1) is 18.7. The number of halogens is 1. The maximum Gasteiger partial charge on any atom is 0.230 e. The predicted octanol–water partition coefficient (Wildman–Crippen LogP) is 4.96.